The van der Waals surface area contributed by atoms with Crippen LogP contribution in [-0.2, 0) is 6.42 Å². The third-order valence-corrected chi connectivity index (χ3v) is 2.98. The van der Waals surface area contributed by atoms with Crippen LogP contribution in [0.4, 0.5) is 0 Å². The summed E-state index contributed by atoms with van der Waals surface area (Å²) in [6.45, 7) is 6.25. The van der Waals surface area contributed by atoms with Crippen LogP contribution in [0, 0.1) is 20.8 Å². The third kappa shape index (κ3) is 2.77. The highest BCUT2D eigenvalue weighted by molar-refractivity contribution is 5.30. The maximum Gasteiger partial charge on any atom is 0.123 e. The van der Waals surface area contributed by atoms with E-state index in [4.69, 9.17) is 10.2 Å². The van der Waals surface area contributed by atoms with Crippen molar-refractivity contribution >= 4 is 0 Å². The molecule has 0 fully saturated rings. The molecule has 0 saturated heterocycles. The molecule has 1 heterocycles. The number of nitrogens with two attached hydrogens (primary N) is 1. The summed E-state index contributed by atoms with van der Waals surface area (Å²) in [5, 5.41) is 0. The molecule has 2 aromatic rings. The second-order valence-electron chi connectivity index (χ2n) is 4.77. The van der Waals surface area contributed by atoms with Gasteiger partial charge in [-0.05, 0) is 44.4 Å². The minimum atomic E-state index is -0.0637. The lowest BCUT2D eigenvalue weighted by atomic mass is 9.99. The largest absolute Gasteiger partial charge is 0.467 e. The Bertz CT molecular complexity index is 493. The Labute approximate surface area is 102 Å². The molecule has 0 amide bonds. The Hall–Kier alpha value is -1.54. The lowest BCUT2D eigenvalue weighted by Crippen LogP contribution is -2.13. The van der Waals surface area contributed by atoms with Gasteiger partial charge in [-0.2, -0.15) is 0 Å². The summed E-state index contributed by atoms with van der Waals surface area (Å²) < 4.78 is 5.43. The van der Waals surface area contributed by atoms with Crippen molar-refractivity contribution in [2.45, 2.75) is 33.2 Å². The van der Waals surface area contributed by atoms with Gasteiger partial charge in [0, 0.05) is 0 Å². The van der Waals surface area contributed by atoms with E-state index in [-0.39, 0.29) is 6.04 Å². The predicted octanol–water partition coefficient (Wildman–Crippen LogP) is 3.45. The van der Waals surface area contributed by atoms with Crippen molar-refractivity contribution in [1.82, 2.24) is 0 Å². The molecule has 1 unspecified atom stereocenters. The molecule has 17 heavy (non-hydrogen) atoms. The molecule has 2 nitrogen and oxygen atoms in total. The molecule has 0 saturated carbocycles. The molecule has 90 valence electrons. The van der Waals surface area contributed by atoms with E-state index in [9.17, 15) is 0 Å². The van der Waals surface area contributed by atoms with Gasteiger partial charge in [-0.15, -0.1) is 0 Å². The van der Waals surface area contributed by atoms with E-state index in [0.29, 0.717) is 0 Å². The quantitative estimate of drug-likeness (QED) is 0.875. The van der Waals surface area contributed by atoms with Gasteiger partial charge in [0.2, 0.25) is 0 Å². The molecule has 2 heteroatoms. The highest BCUT2D eigenvalue weighted by Crippen LogP contribution is 2.21. The van der Waals surface area contributed by atoms with E-state index in [0.717, 1.165) is 17.7 Å². The van der Waals surface area contributed by atoms with Gasteiger partial charge in [0.25, 0.3) is 0 Å². The number of hydrogen-bond donors (Lipinski definition) is 1. The molecular weight excluding hydrogens is 210 g/mol. The van der Waals surface area contributed by atoms with Crippen LogP contribution in [0.15, 0.2) is 34.9 Å². The van der Waals surface area contributed by atoms with Gasteiger partial charge in [0.15, 0.2) is 0 Å². The van der Waals surface area contributed by atoms with Gasteiger partial charge in [-0.3, -0.25) is 0 Å². The van der Waals surface area contributed by atoms with Crippen molar-refractivity contribution in [3.05, 3.63) is 58.5 Å². The van der Waals surface area contributed by atoms with Crippen molar-refractivity contribution in [1.29, 1.82) is 0 Å². The summed E-state index contributed by atoms with van der Waals surface area (Å²) in [6.07, 6.45) is 2.52. The maximum absolute atomic E-state index is 6.18. The summed E-state index contributed by atoms with van der Waals surface area (Å²) in [5.41, 5.74) is 11.1. The van der Waals surface area contributed by atoms with E-state index in [2.05, 4.69) is 32.0 Å². The average Bonchev–Trinajstić information content (AvgIpc) is 2.62. The fourth-order valence-electron chi connectivity index (χ4n) is 2.30. The average molecular weight is 229 g/mol. The van der Waals surface area contributed by atoms with Crippen LogP contribution in [0.3, 0.4) is 0 Å². The predicted molar refractivity (Wildman–Crippen MR) is 70.0 cm³/mol. The summed E-state index contributed by atoms with van der Waals surface area (Å²) in [7, 11) is 0. The SMILES string of the molecule is Cc1cc(C)cc(CC(N)c2occc2C)c1. The minimum absolute atomic E-state index is 0.0637. The normalized spacial score (nSPS) is 12.7. The molecule has 1 atom stereocenters. The molecule has 1 aromatic heterocycles. The van der Waals surface area contributed by atoms with Crippen molar-refractivity contribution in [3.8, 4) is 0 Å². The first-order valence-corrected chi connectivity index (χ1v) is 5.93. The van der Waals surface area contributed by atoms with E-state index in [1.54, 1.807) is 6.26 Å². The summed E-state index contributed by atoms with van der Waals surface area (Å²) in [5.74, 6) is 0.893. The highest BCUT2D eigenvalue weighted by Gasteiger charge is 2.13. The van der Waals surface area contributed by atoms with E-state index in [1.807, 2.05) is 13.0 Å². The van der Waals surface area contributed by atoms with Crippen molar-refractivity contribution < 1.29 is 4.42 Å². The van der Waals surface area contributed by atoms with E-state index in [1.165, 1.54) is 16.7 Å². The first-order chi connectivity index (χ1) is 8.06. The topological polar surface area (TPSA) is 39.2 Å². The van der Waals surface area contributed by atoms with Crippen molar-refractivity contribution in [2.24, 2.45) is 5.73 Å². The van der Waals surface area contributed by atoms with Gasteiger partial charge in [-0.25, -0.2) is 0 Å². The second-order valence-corrected chi connectivity index (χ2v) is 4.77. The van der Waals surface area contributed by atoms with E-state index < -0.39 is 0 Å². The molecule has 2 rings (SSSR count). The van der Waals surface area contributed by atoms with Gasteiger partial charge in [0.05, 0.1) is 12.3 Å². The van der Waals surface area contributed by atoms with Crippen LogP contribution >= 0.6 is 0 Å². The number of rotatable bonds is 3. The first-order valence-electron chi connectivity index (χ1n) is 5.93. The zero-order chi connectivity index (χ0) is 12.4. The van der Waals surface area contributed by atoms with Gasteiger partial charge >= 0.3 is 0 Å². The monoisotopic (exact) mass is 229 g/mol. The van der Waals surface area contributed by atoms with Crippen LogP contribution in [-0.4, -0.2) is 0 Å². The molecule has 0 aliphatic heterocycles. The van der Waals surface area contributed by atoms with Crippen LogP contribution in [0.2, 0.25) is 0 Å². The second kappa shape index (κ2) is 4.76. The fraction of sp³-hybridized carbons (Fsp3) is 0.333. The maximum atomic E-state index is 6.18. The number of hydrogen-bond acceptors (Lipinski definition) is 2. The van der Waals surface area contributed by atoms with Crippen LogP contribution < -0.4 is 5.73 Å². The molecule has 2 N–H and O–H groups in total. The Kier molecular flexibility index (Phi) is 3.34. The lowest BCUT2D eigenvalue weighted by molar-refractivity contribution is 0.461. The zero-order valence-corrected chi connectivity index (χ0v) is 10.7. The van der Waals surface area contributed by atoms with E-state index >= 15 is 0 Å². The molecule has 0 radical (unpaired) electrons. The van der Waals surface area contributed by atoms with Crippen molar-refractivity contribution in [3.63, 3.8) is 0 Å². The number of benzene rings is 1. The molecule has 0 aliphatic carbocycles. The summed E-state index contributed by atoms with van der Waals surface area (Å²) in [4.78, 5) is 0. The Morgan fingerprint density at radius 2 is 1.76 bits per heavy atom. The first kappa shape index (κ1) is 11.9. The van der Waals surface area contributed by atoms with Crippen molar-refractivity contribution in [2.75, 3.05) is 0 Å². The molecular formula is C15H19NO. The minimum Gasteiger partial charge on any atom is -0.467 e. The smallest absolute Gasteiger partial charge is 0.123 e. The molecule has 0 aliphatic rings. The standard InChI is InChI=1S/C15H19NO/c1-10-6-11(2)8-13(7-10)9-14(16)15-12(3)4-5-17-15/h4-8,14H,9,16H2,1-3H3. The molecule has 0 bridgehead atoms. The fourth-order valence-corrected chi connectivity index (χ4v) is 2.30. The highest BCUT2D eigenvalue weighted by atomic mass is 16.3. The van der Waals surface area contributed by atoms with Crippen LogP contribution in [0.25, 0.3) is 0 Å². The van der Waals surface area contributed by atoms with Crippen LogP contribution in [0.5, 0.6) is 0 Å². The third-order valence-electron chi connectivity index (χ3n) is 2.98. The van der Waals surface area contributed by atoms with Gasteiger partial charge in [-0.1, -0.05) is 29.3 Å². The molecule has 0 spiro atoms. The zero-order valence-electron chi connectivity index (χ0n) is 10.7. The van der Waals surface area contributed by atoms with Crippen LogP contribution in [0.1, 0.15) is 34.1 Å². The number of aryl methyl sites for hydroxylation is 3. The molecule has 1 aromatic carbocycles. The Morgan fingerprint density at radius 1 is 1.12 bits per heavy atom. The summed E-state index contributed by atoms with van der Waals surface area (Å²) in [6, 6.07) is 8.44. The Balaban J connectivity index is 2.18. The van der Waals surface area contributed by atoms with Gasteiger partial charge < -0.3 is 10.2 Å². The lowest BCUT2D eigenvalue weighted by Gasteiger charge is -2.11. The Morgan fingerprint density at radius 3 is 2.29 bits per heavy atom. The van der Waals surface area contributed by atoms with Gasteiger partial charge in [0.1, 0.15) is 5.76 Å². The number of furan rings is 1. The summed E-state index contributed by atoms with van der Waals surface area (Å²) >= 11 is 0.